The van der Waals surface area contributed by atoms with Gasteiger partial charge in [0.2, 0.25) is 5.78 Å². The molecule has 3 aliphatic rings. The van der Waals surface area contributed by atoms with E-state index in [9.17, 15) is 19.0 Å². The van der Waals surface area contributed by atoms with Crippen molar-refractivity contribution < 1.29 is 37.1 Å². The molecule has 5 aromatic heterocycles. The van der Waals surface area contributed by atoms with Crippen LogP contribution in [0.15, 0.2) is 36.2 Å². The van der Waals surface area contributed by atoms with E-state index < -0.39 is 43.7 Å². The molecule has 5 aromatic rings. The van der Waals surface area contributed by atoms with Crippen molar-refractivity contribution in [2.45, 2.75) is 43.4 Å². The Bertz CT molecular complexity index is 2160. The number of hydrogen-bond acceptors (Lipinski definition) is 15. The van der Waals surface area contributed by atoms with Gasteiger partial charge in [0.15, 0.2) is 28.9 Å². The highest BCUT2D eigenvalue weighted by molar-refractivity contribution is 8.44. The molecule has 8 rings (SSSR count). The minimum absolute atomic E-state index is 0.0142. The maximum Gasteiger partial charge on any atom is 0.386 e. The first-order valence-corrected chi connectivity index (χ1v) is 19.9. The Balaban J connectivity index is 1.06. The average Bonchev–Trinajstić information content (AvgIpc) is 3.80. The lowest BCUT2D eigenvalue weighted by Gasteiger charge is -2.45. The van der Waals surface area contributed by atoms with Crippen molar-refractivity contribution in [2.75, 3.05) is 25.6 Å². The van der Waals surface area contributed by atoms with Crippen LogP contribution >= 0.6 is 38.1 Å². The first kappa shape index (κ1) is 31.4. The van der Waals surface area contributed by atoms with Crippen LogP contribution in [0.5, 0.6) is 0 Å². The molecule has 3 fully saturated rings. The van der Waals surface area contributed by atoms with Gasteiger partial charge in [0.05, 0.1) is 38.6 Å². The Morgan fingerprint density at radius 3 is 2.64 bits per heavy atom. The molecule has 2 aliphatic heterocycles. The van der Waals surface area contributed by atoms with Crippen molar-refractivity contribution in [3.05, 3.63) is 41.7 Å². The van der Waals surface area contributed by atoms with E-state index in [0.29, 0.717) is 17.6 Å². The van der Waals surface area contributed by atoms with E-state index in [4.69, 9.17) is 28.6 Å². The lowest BCUT2D eigenvalue weighted by molar-refractivity contribution is -0.0407. The fourth-order valence-corrected chi connectivity index (χ4v) is 9.18. The number of aromatic nitrogens is 9. The normalized spacial score (nSPS) is 35.4. The molecule has 0 aromatic carbocycles. The predicted octanol–water partition coefficient (Wildman–Crippen LogP) is 2.14. The van der Waals surface area contributed by atoms with E-state index in [2.05, 4.69) is 54.4 Å². The highest BCUT2D eigenvalue weighted by atomic mass is 32.7. The highest BCUT2D eigenvalue weighted by Crippen LogP contribution is 2.60. The summed E-state index contributed by atoms with van der Waals surface area (Å²) in [6.07, 6.45) is 3.07. The summed E-state index contributed by atoms with van der Waals surface area (Å²) in [4.78, 5) is 37.1. The van der Waals surface area contributed by atoms with Crippen molar-refractivity contribution >= 4 is 72.0 Å². The Labute approximate surface area is 274 Å². The molecule has 1 saturated carbocycles. The van der Waals surface area contributed by atoms with Crippen LogP contribution in [0.2, 0.25) is 0 Å². The van der Waals surface area contributed by atoms with Gasteiger partial charge in [-0.1, -0.05) is 24.5 Å². The molecule has 4 N–H and O–H groups in total. The second-order valence-electron chi connectivity index (χ2n) is 11.5. The van der Waals surface area contributed by atoms with Gasteiger partial charge in [-0.05, 0) is 12.3 Å². The number of imidazole rings is 3. The summed E-state index contributed by atoms with van der Waals surface area (Å²) in [5.74, 6) is -0.0518. The molecule has 0 spiro atoms. The number of nitrogens with zero attached hydrogens (tertiary/aromatic N) is 8. The number of nitrogens with two attached hydrogens (primary N) is 1. The second kappa shape index (κ2) is 11.6. The Kier molecular flexibility index (Phi) is 7.79. The number of thiol groups is 2. The van der Waals surface area contributed by atoms with Crippen molar-refractivity contribution in [1.29, 1.82) is 0 Å². The third kappa shape index (κ3) is 5.51. The van der Waals surface area contributed by atoms with Crippen molar-refractivity contribution in [1.82, 2.24) is 43.4 Å². The van der Waals surface area contributed by atoms with Gasteiger partial charge in [0.1, 0.15) is 24.1 Å². The average molecular weight is 727 g/mol. The molecule has 1 aliphatic carbocycles. The van der Waals surface area contributed by atoms with Crippen LogP contribution < -0.4 is 11.3 Å². The predicted molar refractivity (Wildman–Crippen MR) is 170 cm³/mol. The number of aliphatic hydroxyl groups is 1. The van der Waals surface area contributed by atoms with E-state index in [-0.39, 0.29) is 66.9 Å². The number of aliphatic hydroxyl groups excluding tert-OH is 1. The van der Waals surface area contributed by atoms with Gasteiger partial charge in [0.25, 0.3) is 5.56 Å². The molecule has 7 heterocycles. The summed E-state index contributed by atoms with van der Waals surface area (Å²) in [5.41, 5.74) is 6.70. The van der Waals surface area contributed by atoms with Crippen LogP contribution in [0.1, 0.15) is 25.1 Å². The number of nitrogens with one attached hydrogen (secondary N) is 1. The SMILES string of the molecule is Nc1ncnc2c1ncn2[C@@H]1C[C@@H]2COP(=O)(S)O[C@H]3[C@@H](O)[C@H](n4cnc5c(=O)n6cc[nH]c6nc54)O[C@@H]3CCOP(=O)(S)OC[C@H]21. The lowest BCUT2D eigenvalue weighted by atomic mass is 9.70. The first-order chi connectivity index (χ1) is 22.5. The fraction of sp³-hybridized carbons (Fsp3) is 0.500. The third-order valence-corrected chi connectivity index (χ3v) is 12.1. The minimum Gasteiger partial charge on any atom is -0.386 e. The topological polar surface area (TPSA) is 238 Å². The van der Waals surface area contributed by atoms with E-state index >= 15 is 0 Å². The number of anilines is 1. The Morgan fingerprint density at radius 2 is 1.79 bits per heavy atom. The molecule has 0 radical (unpaired) electrons. The monoisotopic (exact) mass is 726 g/mol. The third-order valence-electron chi connectivity index (χ3n) is 8.83. The number of rotatable bonds is 2. The van der Waals surface area contributed by atoms with Crippen LogP contribution in [-0.2, 0) is 32.0 Å². The van der Waals surface area contributed by atoms with Gasteiger partial charge in [-0.3, -0.25) is 18.3 Å². The molecule has 47 heavy (non-hydrogen) atoms. The largest absolute Gasteiger partial charge is 0.386 e. The molecule has 2 unspecified atom stereocenters. The number of H-pyrrole nitrogens is 1. The number of aromatic amines is 1. The Hall–Kier alpha value is -2.84. The fourth-order valence-electron chi connectivity index (χ4n) is 6.43. The second-order valence-corrected chi connectivity index (χ2v) is 17.3. The molecular weight excluding hydrogens is 698 g/mol. The van der Waals surface area contributed by atoms with Gasteiger partial charge in [-0.2, -0.15) is 4.98 Å². The summed E-state index contributed by atoms with van der Waals surface area (Å²) in [5, 5.41) is 11.5. The van der Waals surface area contributed by atoms with Gasteiger partial charge in [-0.15, -0.1) is 0 Å². The van der Waals surface area contributed by atoms with E-state index in [0.717, 1.165) is 0 Å². The number of ether oxygens (including phenoxy) is 1. The summed E-state index contributed by atoms with van der Waals surface area (Å²) in [6.45, 7) is -8.22. The molecule has 250 valence electrons. The van der Waals surface area contributed by atoms with Crippen molar-refractivity contribution in [3.63, 3.8) is 0 Å². The first-order valence-electron chi connectivity index (χ1n) is 14.5. The summed E-state index contributed by atoms with van der Waals surface area (Å²) in [7, 11) is 0. The maximum absolute atomic E-state index is 13.6. The lowest BCUT2D eigenvalue weighted by Crippen LogP contribution is -2.43. The molecule has 9 atom stereocenters. The van der Waals surface area contributed by atoms with Gasteiger partial charge < -0.3 is 38.7 Å². The molecular formula is C24H28N10O9P2S2. The number of fused-ring (bicyclic) bond motifs is 5. The van der Waals surface area contributed by atoms with Crippen molar-refractivity contribution in [2.24, 2.45) is 11.8 Å². The molecule has 2 saturated heterocycles. The van der Waals surface area contributed by atoms with E-state index in [1.807, 2.05) is 4.57 Å². The van der Waals surface area contributed by atoms with Crippen LogP contribution in [0.3, 0.4) is 0 Å². The van der Waals surface area contributed by atoms with Crippen LogP contribution in [0.25, 0.3) is 28.1 Å². The number of hydrogen-bond donors (Lipinski definition) is 5. The van der Waals surface area contributed by atoms with Crippen LogP contribution in [0.4, 0.5) is 5.82 Å². The molecule has 0 bridgehead atoms. The smallest absolute Gasteiger partial charge is 0.386 e. The van der Waals surface area contributed by atoms with Gasteiger partial charge in [0, 0.05) is 30.8 Å². The zero-order chi connectivity index (χ0) is 32.7. The van der Waals surface area contributed by atoms with Gasteiger partial charge >= 0.3 is 13.6 Å². The highest BCUT2D eigenvalue weighted by Gasteiger charge is 2.50. The standard InChI is InChI=1S/C24H28N10O9P2S2/c25-19-15-20(28-8-27-19)33(9-29-15)13-5-11-6-40-45(38,47)43-18-14(1-4-39-44(37,46)41-7-12(11)13)42-23(17(18)35)34-10-30-16-21(34)31-24-26-2-3-32(24)22(16)36/h2-3,8-14,17-18,23,35H,1,4-7H2,(H,26,31)(H,37,46)(H,38,47)(H2,25,27,28)/t11-,12-,13-,14-,17-,18-,23-,44?,45?/m1/s1. The van der Waals surface area contributed by atoms with Crippen LogP contribution in [0, 0.1) is 11.8 Å². The van der Waals surface area contributed by atoms with E-state index in [1.165, 1.54) is 27.8 Å². The summed E-state index contributed by atoms with van der Waals surface area (Å²) in [6, 6.07) is -0.210. The Morgan fingerprint density at radius 1 is 1.00 bits per heavy atom. The zero-order valence-electron chi connectivity index (χ0n) is 24.1. The quantitative estimate of drug-likeness (QED) is 0.129. The maximum atomic E-state index is 13.6. The summed E-state index contributed by atoms with van der Waals surface area (Å²) >= 11 is 8.40. The molecule has 19 nitrogen and oxygen atoms in total. The number of nitrogen functional groups attached to an aromatic ring is 1. The molecule has 0 amide bonds. The minimum atomic E-state index is -4.09. The van der Waals surface area contributed by atoms with E-state index in [1.54, 1.807) is 12.5 Å². The van der Waals surface area contributed by atoms with Crippen molar-refractivity contribution in [3.8, 4) is 0 Å². The van der Waals surface area contributed by atoms with Crippen LogP contribution in [-0.4, -0.2) is 86.7 Å². The van der Waals surface area contributed by atoms with Gasteiger partial charge in [-0.25, -0.2) is 29.1 Å². The molecule has 23 heteroatoms. The summed E-state index contributed by atoms with van der Waals surface area (Å²) < 4.78 is 60.4. The zero-order valence-corrected chi connectivity index (χ0v) is 27.7.